The van der Waals surface area contributed by atoms with Crippen LogP contribution in [0.15, 0.2) is 24.3 Å². The molecule has 5 heteroatoms. The fourth-order valence-corrected chi connectivity index (χ4v) is 3.17. The number of aliphatic hydroxyl groups excluding tert-OH is 1. The molecule has 2 unspecified atom stereocenters. The average Bonchev–Trinajstić information content (AvgIpc) is 2.41. The second kappa shape index (κ2) is 5.74. The summed E-state index contributed by atoms with van der Waals surface area (Å²) in [6, 6.07) is 5.23. The van der Waals surface area contributed by atoms with Gasteiger partial charge in [-0.25, -0.2) is 0 Å². The van der Waals surface area contributed by atoms with Crippen molar-refractivity contribution < 1.29 is 18.3 Å². The van der Waals surface area contributed by atoms with Gasteiger partial charge in [0.25, 0.3) is 0 Å². The smallest absolute Gasteiger partial charge is 0.392 e. The van der Waals surface area contributed by atoms with E-state index in [0.29, 0.717) is 13.0 Å². The largest absolute Gasteiger partial charge is 0.416 e. The van der Waals surface area contributed by atoms with Gasteiger partial charge in [-0.1, -0.05) is 25.0 Å². The summed E-state index contributed by atoms with van der Waals surface area (Å²) in [7, 11) is 1.80. The monoisotopic (exact) mass is 287 g/mol. The van der Waals surface area contributed by atoms with Crippen molar-refractivity contribution in [1.82, 2.24) is 5.32 Å². The van der Waals surface area contributed by atoms with Gasteiger partial charge in [-0.2, -0.15) is 13.2 Å². The SMILES string of the molecule is CNCC1(c2ccc(C(F)(F)F)cc2)CCCCC1O. The summed E-state index contributed by atoms with van der Waals surface area (Å²) in [4.78, 5) is 0. The summed E-state index contributed by atoms with van der Waals surface area (Å²) in [5.74, 6) is 0. The molecular weight excluding hydrogens is 267 g/mol. The first-order valence-corrected chi connectivity index (χ1v) is 6.90. The van der Waals surface area contributed by atoms with Crippen LogP contribution < -0.4 is 5.32 Å². The van der Waals surface area contributed by atoms with Gasteiger partial charge in [0, 0.05) is 12.0 Å². The lowest BCUT2D eigenvalue weighted by molar-refractivity contribution is -0.137. The molecule has 1 fully saturated rings. The number of rotatable bonds is 3. The Morgan fingerprint density at radius 3 is 2.40 bits per heavy atom. The van der Waals surface area contributed by atoms with Crippen LogP contribution in [0.25, 0.3) is 0 Å². The lowest BCUT2D eigenvalue weighted by atomic mass is 9.67. The van der Waals surface area contributed by atoms with Crippen LogP contribution >= 0.6 is 0 Å². The number of nitrogens with one attached hydrogen (secondary N) is 1. The maximum absolute atomic E-state index is 12.6. The first-order valence-electron chi connectivity index (χ1n) is 6.90. The predicted molar refractivity (Wildman–Crippen MR) is 71.5 cm³/mol. The average molecular weight is 287 g/mol. The Bertz CT molecular complexity index is 439. The van der Waals surface area contributed by atoms with Crippen molar-refractivity contribution >= 4 is 0 Å². The molecule has 2 N–H and O–H groups in total. The zero-order chi connectivity index (χ0) is 14.8. The van der Waals surface area contributed by atoms with Gasteiger partial charge in [-0.3, -0.25) is 0 Å². The number of hydrogen-bond acceptors (Lipinski definition) is 2. The molecule has 2 rings (SSSR count). The fraction of sp³-hybridized carbons (Fsp3) is 0.600. The van der Waals surface area contributed by atoms with Gasteiger partial charge in [0.1, 0.15) is 0 Å². The van der Waals surface area contributed by atoms with Gasteiger partial charge in [-0.05, 0) is 37.6 Å². The molecule has 112 valence electrons. The van der Waals surface area contributed by atoms with Gasteiger partial charge in [0.2, 0.25) is 0 Å². The van der Waals surface area contributed by atoms with E-state index in [0.717, 1.165) is 37.0 Å². The molecular formula is C15H20F3NO. The Balaban J connectivity index is 2.34. The van der Waals surface area contributed by atoms with Gasteiger partial charge in [0.05, 0.1) is 11.7 Å². The summed E-state index contributed by atoms with van der Waals surface area (Å²) >= 11 is 0. The zero-order valence-corrected chi connectivity index (χ0v) is 11.5. The quantitative estimate of drug-likeness (QED) is 0.895. The lowest BCUT2D eigenvalue weighted by Crippen LogP contribution is -2.48. The molecule has 0 saturated heterocycles. The fourth-order valence-electron chi connectivity index (χ4n) is 3.17. The summed E-state index contributed by atoms with van der Waals surface area (Å²) in [6.07, 6.45) is -1.39. The highest BCUT2D eigenvalue weighted by Crippen LogP contribution is 2.40. The molecule has 2 atom stereocenters. The van der Waals surface area contributed by atoms with Crippen LogP contribution in [0.4, 0.5) is 13.2 Å². The highest BCUT2D eigenvalue weighted by atomic mass is 19.4. The first kappa shape index (κ1) is 15.3. The van der Waals surface area contributed by atoms with Gasteiger partial charge in [0.15, 0.2) is 0 Å². The third-order valence-electron chi connectivity index (χ3n) is 4.27. The van der Waals surface area contributed by atoms with Crippen LogP contribution in [0, 0.1) is 0 Å². The highest BCUT2D eigenvalue weighted by molar-refractivity contribution is 5.33. The van der Waals surface area contributed by atoms with E-state index in [-0.39, 0.29) is 0 Å². The molecule has 0 amide bonds. The van der Waals surface area contributed by atoms with Crippen molar-refractivity contribution in [1.29, 1.82) is 0 Å². The van der Waals surface area contributed by atoms with Crippen molar-refractivity contribution in [3.05, 3.63) is 35.4 Å². The molecule has 1 aliphatic carbocycles. The van der Waals surface area contributed by atoms with E-state index >= 15 is 0 Å². The number of alkyl halides is 3. The molecule has 1 aliphatic rings. The maximum Gasteiger partial charge on any atom is 0.416 e. The molecule has 2 nitrogen and oxygen atoms in total. The lowest BCUT2D eigenvalue weighted by Gasteiger charge is -2.42. The van der Waals surface area contributed by atoms with Crippen molar-refractivity contribution in [3.8, 4) is 0 Å². The van der Waals surface area contributed by atoms with Crippen LogP contribution in [0.2, 0.25) is 0 Å². The molecule has 0 spiro atoms. The van der Waals surface area contributed by atoms with Gasteiger partial charge >= 0.3 is 6.18 Å². The van der Waals surface area contributed by atoms with Gasteiger partial charge < -0.3 is 10.4 Å². The maximum atomic E-state index is 12.6. The van der Waals surface area contributed by atoms with E-state index in [9.17, 15) is 18.3 Å². The zero-order valence-electron chi connectivity index (χ0n) is 11.5. The first-order chi connectivity index (χ1) is 9.40. The number of halogens is 3. The Morgan fingerprint density at radius 2 is 1.90 bits per heavy atom. The Morgan fingerprint density at radius 1 is 1.25 bits per heavy atom. The van der Waals surface area contributed by atoms with Gasteiger partial charge in [-0.15, -0.1) is 0 Å². The third-order valence-corrected chi connectivity index (χ3v) is 4.27. The van der Waals surface area contributed by atoms with Crippen molar-refractivity contribution in [2.45, 2.75) is 43.4 Å². The van der Waals surface area contributed by atoms with Crippen molar-refractivity contribution in [3.63, 3.8) is 0 Å². The van der Waals surface area contributed by atoms with E-state index < -0.39 is 23.3 Å². The number of aliphatic hydroxyl groups is 1. The molecule has 1 aromatic rings. The molecule has 0 heterocycles. The van der Waals surface area contributed by atoms with Crippen molar-refractivity contribution in [2.24, 2.45) is 0 Å². The van der Waals surface area contributed by atoms with E-state index in [4.69, 9.17) is 0 Å². The Hall–Kier alpha value is -1.07. The molecule has 0 radical (unpaired) electrons. The van der Waals surface area contributed by atoms with Crippen molar-refractivity contribution in [2.75, 3.05) is 13.6 Å². The van der Waals surface area contributed by atoms with E-state index in [2.05, 4.69) is 5.32 Å². The highest BCUT2D eigenvalue weighted by Gasteiger charge is 2.41. The van der Waals surface area contributed by atoms with E-state index in [1.54, 1.807) is 7.05 Å². The Kier molecular flexibility index (Phi) is 4.39. The topological polar surface area (TPSA) is 32.3 Å². The minimum absolute atomic E-state index is 0.475. The predicted octanol–water partition coefficient (Wildman–Crippen LogP) is 3.10. The Labute approximate surface area is 117 Å². The normalized spacial score (nSPS) is 27.6. The minimum Gasteiger partial charge on any atom is -0.392 e. The summed E-state index contributed by atoms with van der Waals surface area (Å²) in [5, 5.41) is 13.4. The van der Waals surface area contributed by atoms with Crippen LogP contribution in [-0.2, 0) is 11.6 Å². The van der Waals surface area contributed by atoms with E-state index in [1.807, 2.05) is 0 Å². The van der Waals surface area contributed by atoms with Crippen LogP contribution in [-0.4, -0.2) is 24.8 Å². The molecule has 1 saturated carbocycles. The summed E-state index contributed by atoms with van der Waals surface area (Å²) in [5.41, 5.74) is -0.338. The van der Waals surface area contributed by atoms with E-state index in [1.165, 1.54) is 12.1 Å². The summed E-state index contributed by atoms with van der Waals surface area (Å²) in [6.45, 7) is 0.569. The van der Waals surface area contributed by atoms with Crippen LogP contribution in [0.5, 0.6) is 0 Å². The molecule has 0 aliphatic heterocycles. The second-order valence-corrected chi connectivity index (χ2v) is 5.52. The number of likely N-dealkylation sites (N-methyl/N-ethyl adjacent to an activating group) is 1. The molecule has 1 aromatic carbocycles. The number of benzene rings is 1. The second-order valence-electron chi connectivity index (χ2n) is 5.52. The number of hydrogen-bond donors (Lipinski definition) is 2. The van der Waals surface area contributed by atoms with Crippen LogP contribution in [0.1, 0.15) is 36.8 Å². The molecule has 20 heavy (non-hydrogen) atoms. The van der Waals surface area contributed by atoms with Crippen LogP contribution in [0.3, 0.4) is 0 Å². The standard InChI is InChI=1S/C15H20F3NO/c1-19-10-14(9-3-2-4-13(14)20)11-5-7-12(8-6-11)15(16,17)18/h5-8,13,19-20H,2-4,9-10H2,1H3. The third kappa shape index (κ3) is 2.83. The summed E-state index contributed by atoms with van der Waals surface area (Å²) < 4.78 is 37.9. The molecule has 0 aromatic heterocycles. The molecule has 0 bridgehead atoms. The minimum atomic E-state index is -4.32.